The van der Waals surface area contributed by atoms with Crippen molar-refractivity contribution in [3.63, 3.8) is 0 Å². The van der Waals surface area contributed by atoms with Crippen molar-refractivity contribution in [1.82, 2.24) is 9.80 Å². The first kappa shape index (κ1) is 13.8. The molecule has 1 amide bonds. The van der Waals surface area contributed by atoms with Gasteiger partial charge in [0.1, 0.15) is 5.75 Å². The zero-order chi connectivity index (χ0) is 13.7. The van der Waals surface area contributed by atoms with Crippen molar-refractivity contribution >= 4 is 5.91 Å². The number of para-hydroxylation sites is 1. The Balaban J connectivity index is 1.83. The first-order valence-electron chi connectivity index (χ1n) is 6.56. The van der Waals surface area contributed by atoms with Crippen LogP contribution in [-0.4, -0.2) is 61.6 Å². The van der Waals surface area contributed by atoms with Crippen LogP contribution in [0.4, 0.5) is 0 Å². The minimum Gasteiger partial charge on any atom is -0.484 e. The second-order valence-electron chi connectivity index (χ2n) is 4.81. The summed E-state index contributed by atoms with van der Waals surface area (Å²) >= 11 is 0. The lowest BCUT2D eigenvalue weighted by molar-refractivity contribution is -0.136. The second-order valence-corrected chi connectivity index (χ2v) is 4.81. The number of carbonyl (C=O) groups excluding carboxylic acids is 1. The lowest BCUT2D eigenvalue weighted by Crippen LogP contribution is -2.56. The zero-order valence-corrected chi connectivity index (χ0v) is 11.3. The molecule has 1 atom stereocenters. The molecule has 1 heterocycles. The summed E-state index contributed by atoms with van der Waals surface area (Å²) in [5.74, 6) is 0.746. The minimum atomic E-state index is 0.0235. The van der Waals surface area contributed by atoms with E-state index in [1.807, 2.05) is 42.3 Å². The van der Waals surface area contributed by atoms with E-state index in [9.17, 15) is 4.79 Å². The van der Waals surface area contributed by atoms with E-state index in [0.717, 1.165) is 18.8 Å². The summed E-state index contributed by atoms with van der Waals surface area (Å²) in [6.45, 7) is 2.94. The number of ether oxygens (including phenoxy) is 1. The van der Waals surface area contributed by atoms with Gasteiger partial charge in [0.15, 0.2) is 6.61 Å². The highest BCUT2D eigenvalue weighted by atomic mass is 16.5. The van der Waals surface area contributed by atoms with Crippen LogP contribution in [0.3, 0.4) is 0 Å². The molecule has 0 aliphatic carbocycles. The average Bonchev–Trinajstić information content (AvgIpc) is 2.46. The lowest BCUT2D eigenvalue weighted by atomic mass is 10.2. The summed E-state index contributed by atoms with van der Waals surface area (Å²) in [4.78, 5) is 16.1. The molecule has 1 aromatic rings. The fraction of sp³-hybridized carbons (Fsp3) is 0.500. The van der Waals surface area contributed by atoms with Gasteiger partial charge in [0, 0.05) is 32.2 Å². The average molecular weight is 263 g/mol. The molecule has 1 aliphatic rings. The third-order valence-electron chi connectivity index (χ3n) is 3.51. The Morgan fingerprint density at radius 1 is 1.37 bits per heavy atom. The molecular formula is C14H21N3O2. The van der Waals surface area contributed by atoms with Crippen molar-refractivity contribution in [1.29, 1.82) is 0 Å². The van der Waals surface area contributed by atoms with Crippen LogP contribution < -0.4 is 10.5 Å². The number of nitrogens with zero attached hydrogens (tertiary/aromatic N) is 2. The largest absolute Gasteiger partial charge is 0.484 e. The molecule has 0 aromatic heterocycles. The van der Waals surface area contributed by atoms with Crippen LogP contribution >= 0.6 is 0 Å². The maximum atomic E-state index is 12.1. The molecule has 5 heteroatoms. The summed E-state index contributed by atoms with van der Waals surface area (Å²) in [6, 6.07) is 9.63. The summed E-state index contributed by atoms with van der Waals surface area (Å²) in [6.07, 6.45) is 0. The summed E-state index contributed by atoms with van der Waals surface area (Å²) < 4.78 is 5.48. The number of hydrogen-bond acceptors (Lipinski definition) is 4. The van der Waals surface area contributed by atoms with E-state index in [4.69, 9.17) is 10.5 Å². The number of likely N-dealkylation sites (N-methyl/N-ethyl adjacent to an activating group) is 1. The number of nitrogens with two attached hydrogens (primary N) is 1. The summed E-state index contributed by atoms with van der Waals surface area (Å²) in [5.41, 5.74) is 5.71. The molecule has 1 saturated heterocycles. The molecule has 2 rings (SSSR count). The monoisotopic (exact) mass is 263 g/mol. The van der Waals surface area contributed by atoms with Crippen molar-refractivity contribution in [2.75, 3.05) is 39.8 Å². The van der Waals surface area contributed by atoms with Gasteiger partial charge in [0.25, 0.3) is 5.91 Å². The van der Waals surface area contributed by atoms with Gasteiger partial charge in [-0.2, -0.15) is 0 Å². The van der Waals surface area contributed by atoms with Crippen LogP contribution in [0.5, 0.6) is 5.75 Å². The maximum absolute atomic E-state index is 12.1. The van der Waals surface area contributed by atoms with Crippen molar-refractivity contribution in [2.45, 2.75) is 6.04 Å². The number of benzene rings is 1. The van der Waals surface area contributed by atoms with Gasteiger partial charge in [0.05, 0.1) is 0 Å². The molecule has 0 radical (unpaired) electrons. The number of carbonyl (C=O) groups is 1. The quantitative estimate of drug-likeness (QED) is 0.841. The number of piperazine rings is 1. The summed E-state index contributed by atoms with van der Waals surface area (Å²) in [5, 5.41) is 0. The molecule has 5 nitrogen and oxygen atoms in total. The van der Waals surface area contributed by atoms with E-state index in [2.05, 4.69) is 4.90 Å². The molecule has 1 aliphatic heterocycles. The smallest absolute Gasteiger partial charge is 0.260 e. The van der Waals surface area contributed by atoms with Crippen LogP contribution in [0.15, 0.2) is 30.3 Å². The lowest BCUT2D eigenvalue weighted by Gasteiger charge is -2.38. The van der Waals surface area contributed by atoms with Crippen LogP contribution in [0.1, 0.15) is 0 Å². The summed E-state index contributed by atoms with van der Waals surface area (Å²) in [7, 11) is 2.04. The molecule has 1 fully saturated rings. The highest BCUT2D eigenvalue weighted by Gasteiger charge is 2.26. The molecule has 19 heavy (non-hydrogen) atoms. The Kier molecular flexibility index (Phi) is 4.76. The molecule has 1 aromatic carbocycles. The molecule has 0 bridgehead atoms. The van der Waals surface area contributed by atoms with Crippen molar-refractivity contribution in [2.24, 2.45) is 5.73 Å². The fourth-order valence-corrected chi connectivity index (χ4v) is 2.18. The van der Waals surface area contributed by atoms with Crippen LogP contribution in [-0.2, 0) is 4.79 Å². The predicted octanol–water partition coefficient (Wildman–Crippen LogP) is 0.167. The highest BCUT2D eigenvalue weighted by Crippen LogP contribution is 2.10. The fourth-order valence-electron chi connectivity index (χ4n) is 2.18. The van der Waals surface area contributed by atoms with Crippen molar-refractivity contribution in [3.05, 3.63) is 30.3 Å². The second kappa shape index (κ2) is 6.54. The molecule has 2 N–H and O–H groups in total. The van der Waals surface area contributed by atoms with Gasteiger partial charge >= 0.3 is 0 Å². The SMILES string of the molecule is CN1CCN(C(=O)COc2ccccc2)CC1CN. The van der Waals surface area contributed by atoms with E-state index < -0.39 is 0 Å². The minimum absolute atomic E-state index is 0.0235. The number of rotatable bonds is 4. The molecule has 0 spiro atoms. The Morgan fingerprint density at radius 2 is 2.11 bits per heavy atom. The molecule has 0 saturated carbocycles. The Labute approximate surface area is 113 Å². The zero-order valence-electron chi connectivity index (χ0n) is 11.3. The standard InChI is InChI=1S/C14H21N3O2/c1-16-7-8-17(10-12(16)9-15)14(18)11-19-13-5-3-2-4-6-13/h2-6,12H,7-11,15H2,1H3. The van der Waals surface area contributed by atoms with Gasteiger partial charge in [0.2, 0.25) is 0 Å². The van der Waals surface area contributed by atoms with E-state index in [1.54, 1.807) is 0 Å². The molecule has 104 valence electrons. The number of amides is 1. The van der Waals surface area contributed by atoms with Gasteiger partial charge in [-0.15, -0.1) is 0 Å². The van der Waals surface area contributed by atoms with Gasteiger partial charge in [-0.25, -0.2) is 0 Å². The van der Waals surface area contributed by atoms with Crippen molar-refractivity contribution in [3.8, 4) is 5.75 Å². The highest BCUT2D eigenvalue weighted by molar-refractivity contribution is 5.78. The maximum Gasteiger partial charge on any atom is 0.260 e. The topological polar surface area (TPSA) is 58.8 Å². The molecular weight excluding hydrogens is 242 g/mol. The Morgan fingerprint density at radius 3 is 2.79 bits per heavy atom. The normalized spacial score (nSPS) is 20.3. The third-order valence-corrected chi connectivity index (χ3v) is 3.51. The van der Waals surface area contributed by atoms with Crippen molar-refractivity contribution < 1.29 is 9.53 Å². The van der Waals surface area contributed by atoms with E-state index >= 15 is 0 Å². The molecule has 1 unspecified atom stereocenters. The Bertz CT molecular complexity index is 410. The van der Waals surface area contributed by atoms with E-state index in [1.165, 1.54) is 0 Å². The first-order chi connectivity index (χ1) is 9.20. The first-order valence-corrected chi connectivity index (χ1v) is 6.56. The van der Waals surface area contributed by atoms with E-state index in [0.29, 0.717) is 13.1 Å². The van der Waals surface area contributed by atoms with Gasteiger partial charge in [-0.05, 0) is 19.2 Å². The van der Waals surface area contributed by atoms with E-state index in [-0.39, 0.29) is 18.6 Å². The Hall–Kier alpha value is -1.59. The van der Waals surface area contributed by atoms with Gasteiger partial charge < -0.3 is 15.4 Å². The number of hydrogen-bond donors (Lipinski definition) is 1. The van der Waals surface area contributed by atoms with Crippen LogP contribution in [0.25, 0.3) is 0 Å². The van der Waals surface area contributed by atoms with Crippen LogP contribution in [0.2, 0.25) is 0 Å². The van der Waals surface area contributed by atoms with Crippen LogP contribution in [0, 0.1) is 0 Å². The van der Waals surface area contributed by atoms with Gasteiger partial charge in [-0.3, -0.25) is 9.69 Å². The third kappa shape index (κ3) is 3.68. The predicted molar refractivity (Wildman–Crippen MR) is 74.0 cm³/mol. The van der Waals surface area contributed by atoms with Gasteiger partial charge in [-0.1, -0.05) is 18.2 Å².